The number of nitrogens with one attached hydrogen (secondary N) is 1. The number of hydrogen-bond donors (Lipinski definition) is 1. The Kier molecular flexibility index (Phi) is 6.45. The van der Waals surface area contributed by atoms with Gasteiger partial charge in [0.15, 0.2) is 0 Å². The summed E-state index contributed by atoms with van der Waals surface area (Å²) < 4.78 is 0. The van der Waals surface area contributed by atoms with E-state index in [4.69, 9.17) is 34.8 Å². The van der Waals surface area contributed by atoms with Gasteiger partial charge in [-0.2, -0.15) is 0 Å². The van der Waals surface area contributed by atoms with Crippen LogP contribution in [0, 0.1) is 6.92 Å². The smallest absolute Gasteiger partial charge is 0.234 e. The summed E-state index contributed by atoms with van der Waals surface area (Å²) in [6.45, 7) is 1.86. The first-order valence-electron chi connectivity index (χ1n) is 6.54. The van der Waals surface area contributed by atoms with Crippen molar-refractivity contribution < 1.29 is 4.79 Å². The fourth-order valence-corrected chi connectivity index (χ4v) is 3.29. The molecule has 0 atom stereocenters. The van der Waals surface area contributed by atoms with Gasteiger partial charge in [0.05, 0.1) is 21.5 Å². The molecular formula is C16H14Cl3NOS. The van der Waals surface area contributed by atoms with Crippen LogP contribution in [0.2, 0.25) is 15.1 Å². The average molecular weight is 375 g/mol. The second kappa shape index (κ2) is 8.11. The highest BCUT2D eigenvalue weighted by molar-refractivity contribution is 7.99. The number of amides is 1. The van der Waals surface area contributed by atoms with Gasteiger partial charge in [0, 0.05) is 10.8 Å². The lowest BCUT2D eigenvalue weighted by molar-refractivity contribution is -0.113. The van der Waals surface area contributed by atoms with Crippen molar-refractivity contribution in [3.05, 3.63) is 62.6 Å². The lowest BCUT2D eigenvalue weighted by atomic mass is 10.2. The third-order valence-corrected chi connectivity index (χ3v) is 4.98. The van der Waals surface area contributed by atoms with Crippen LogP contribution in [-0.2, 0) is 10.5 Å². The van der Waals surface area contributed by atoms with Crippen molar-refractivity contribution in [3.8, 4) is 0 Å². The normalized spacial score (nSPS) is 10.5. The Morgan fingerprint density at radius 2 is 1.95 bits per heavy atom. The van der Waals surface area contributed by atoms with Gasteiger partial charge in [-0.1, -0.05) is 53.0 Å². The molecule has 22 heavy (non-hydrogen) atoms. The first-order valence-corrected chi connectivity index (χ1v) is 8.83. The maximum atomic E-state index is 12.0. The van der Waals surface area contributed by atoms with E-state index in [0.717, 1.165) is 11.1 Å². The van der Waals surface area contributed by atoms with Crippen molar-refractivity contribution >= 4 is 58.2 Å². The van der Waals surface area contributed by atoms with Crippen molar-refractivity contribution in [1.29, 1.82) is 0 Å². The van der Waals surface area contributed by atoms with E-state index in [1.807, 2.05) is 37.3 Å². The fraction of sp³-hybridized carbons (Fsp3) is 0.188. The molecule has 116 valence electrons. The molecule has 2 nitrogen and oxygen atoms in total. The predicted molar refractivity (Wildman–Crippen MR) is 97.4 cm³/mol. The number of carbonyl (C=O) groups excluding carboxylic acids is 1. The number of benzene rings is 2. The minimum absolute atomic E-state index is 0.138. The highest BCUT2D eigenvalue weighted by Gasteiger charge is 2.11. The van der Waals surface area contributed by atoms with E-state index in [-0.39, 0.29) is 5.91 Å². The van der Waals surface area contributed by atoms with Gasteiger partial charge >= 0.3 is 0 Å². The van der Waals surface area contributed by atoms with E-state index in [0.29, 0.717) is 32.3 Å². The molecule has 0 saturated heterocycles. The van der Waals surface area contributed by atoms with Gasteiger partial charge in [0.2, 0.25) is 5.91 Å². The minimum Gasteiger partial charge on any atom is -0.323 e. The largest absolute Gasteiger partial charge is 0.323 e. The summed E-state index contributed by atoms with van der Waals surface area (Å²) in [7, 11) is 0. The zero-order chi connectivity index (χ0) is 16.1. The third-order valence-electron chi connectivity index (χ3n) is 2.94. The number of carbonyl (C=O) groups is 1. The van der Waals surface area contributed by atoms with Crippen LogP contribution in [0.15, 0.2) is 36.4 Å². The van der Waals surface area contributed by atoms with Crippen LogP contribution in [0.4, 0.5) is 5.69 Å². The number of rotatable bonds is 5. The molecular weight excluding hydrogens is 361 g/mol. The maximum absolute atomic E-state index is 12.0. The molecule has 0 aliphatic rings. The monoisotopic (exact) mass is 373 g/mol. The minimum atomic E-state index is -0.138. The van der Waals surface area contributed by atoms with Gasteiger partial charge in [0.25, 0.3) is 0 Å². The quantitative estimate of drug-likeness (QED) is 0.713. The molecule has 0 unspecified atom stereocenters. The zero-order valence-electron chi connectivity index (χ0n) is 11.8. The van der Waals surface area contributed by atoms with Crippen LogP contribution in [0.5, 0.6) is 0 Å². The summed E-state index contributed by atoms with van der Waals surface area (Å²) >= 11 is 19.7. The van der Waals surface area contributed by atoms with Crippen molar-refractivity contribution in [3.63, 3.8) is 0 Å². The summed E-state index contributed by atoms with van der Waals surface area (Å²) in [6.07, 6.45) is 0. The Bertz CT molecular complexity index is 691. The van der Waals surface area contributed by atoms with E-state index in [1.54, 1.807) is 6.07 Å². The Morgan fingerprint density at radius 3 is 2.68 bits per heavy atom. The molecule has 0 heterocycles. The molecule has 1 amide bonds. The summed E-state index contributed by atoms with van der Waals surface area (Å²) in [5.41, 5.74) is 2.42. The molecule has 0 saturated carbocycles. The molecule has 0 aliphatic carbocycles. The Labute approximate surface area is 149 Å². The van der Waals surface area contributed by atoms with Crippen LogP contribution in [-0.4, -0.2) is 11.7 Å². The first kappa shape index (κ1) is 17.5. The number of halogens is 3. The molecule has 2 rings (SSSR count). The SMILES string of the molecule is Cc1ccc(Cl)c(NC(=O)CSCc2cccc(Cl)c2)c1Cl. The predicted octanol–water partition coefficient (Wildman–Crippen LogP) is 5.83. The molecule has 1 N–H and O–H groups in total. The summed E-state index contributed by atoms with van der Waals surface area (Å²) in [6, 6.07) is 11.1. The van der Waals surface area contributed by atoms with Crippen LogP contribution < -0.4 is 5.32 Å². The van der Waals surface area contributed by atoms with Gasteiger partial charge in [0.1, 0.15) is 0 Å². The van der Waals surface area contributed by atoms with Crippen molar-refractivity contribution in [2.75, 3.05) is 11.1 Å². The zero-order valence-corrected chi connectivity index (χ0v) is 14.9. The summed E-state index contributed by atoms with van der Waals surface area (Å²) in [5, 5.41) is 4.37. The van der Waals surface area contributed by atoms with Gasteiger partial charge in [-0.3, -0.25) is 4.79 Å². The lowest BCUT2D eigenvalue weighted by Gasteiger charge is -2.11. The Hall–Kier alpha value is -0.870. The van der Waals surface area contributed by atoms with E-state index < -0.39 is 0 Å². The number of thioether (sulfide) groups is 1. The van der Waals surface area contributed by atoms with E-state index in [1.165, 1.54) is 11.8 Å². The molecule has 0 aromatic heterocycles. The molecule has 6 heteroatoms. The maximum Gasteiger partial charge on any atom is 0.234 e. The number of aryl methyl sites for hydroxylation is 1. The van der Waals surface area contributed by atoms with E-state index in [2.05, 4.69) is 5.32 Å². The Balaban J connectivity index is 1.90. The van der Waals surface area contributed by atoms with Crippen molar-refractivity contribution in [2.24, 2.45) is 0 Å². The third kappa shape index (κ3) is 4.82. The molecule has 2 aromatic rings. The molecule has 0 radical (unpaired) electrons. The second-order valence-electron chi connectivity index (χ2n) is 4.72. The topological polar surface area (TPSA) is 29.1 Å². The number of hydrogen-bond acceptors (Lipinski definition) is 2. The standard InChI is InChI=1S/C16H14Cl3NOS/c1-10-5-6-13(18)16(15(10)19)20-14(21)9-22-8-11-3-2-4-12(17)7-11/h2-7H,8-9H2,1H3,(H,20,21). The average Bonchev–Trinajstić information content (AvgIpc) is 2.48. The molecule has 0 aliphatic heterocycles. The van der Waals surface area contributed by atoms with Crippen molar-refractivity contribution in [2.45, 2.75) is 12.7 Å². The van der Waals surface area contributed by atoms with Gasteiger partial charge in [-0.15, -0.1) is 11.8 Å². The summed E-state index contributed by atoms with van der Waals surface area (Å²) in [5.74, 6) is 0.887. The highest BCUT2D eigenvalue weighted by Crippen LogP contribution is 2.33. The molecule has 2 aromatic carbocycles. The molecule has 0 bridgehead atoms. The lowest BCUT2D eigenvalue weighted by Crippen LogP contribution is -2.15. The van der Waals surface area contributed by atoms with Crippen LogP contribution in [0.25, 0.3) is 0 Å². The van der Waals surface area contributed by atoms with E-state index >= 15 is 0 Å². The van der Waals surface area contributed by atoms with Gasteiger partial charge in [-0.25, -0.2) is 0 Å². The van der Waals surface area contributed by atoms with Gasteiger partial charge < -0.3 is 5.32 Å². The van der Waals surface area contributed by atoms with Crippen LogP contribution >= 0.6 is 46.6 Å². The molecule has 0 fully saturated rings. The molecule has 0 spiro atoms. The fourth-order valence-electron chi connectivity index (χ4n) is 1.84. The summed E-state index contributed by atoms with van der Waals surface area (Å²) in [4.78, 5) is 12.0. The second-order valence-corrected chi connectivity index (χ2v) is 6.93. The van der Waals surface area contributed by atoms with Crippen molar-refractivity contribution in [1.82, 2.24) is 0 Å². The Morgan fingerprint density at radius 1 is 1.18 bits per heavy atom. The highest BCUT2D eigenvalue weighted by atomic mass is 35.5. The van der Waals surface area contributed by atoms with E-state index in [9.17, 15) is 4.79 Å². The number of anilines is 1. The van der Waals surface area contributed by atoms with Gasteiger partial charge in [-0.05, 0) is 36.2 Å². The first-order chi connectivity index (χ1) is 10.5. The van der Waals surface area contributed by atoms with Crippen LogP contribution in [0.3, 0.4) is 0 Å². The van der Waals surface area contributed by atoms with Crippen LogP contribution in [0.1, 0.15) is 11.1 Å².